The first kappa shape index (κ1) is 19.4. The van der Waals surface area contributed by atoms with Crippen LogP contribution in [0, 0.1) is 0 Å². The second-order valence-corrected chi connectivity index (χ2v) is 7.70. The summed E-state index contributed by atoms with van der Waals surface area (Å²) in [6, 6.07) is 15.5. The van der Waals surface area contributed by atoms with Crippen molar-refractivity contribution in [2.75, 3.05) is 19.7 Å². The number of thioether (sulfide) groups is 1. The van der Waals surface area contributed by atoms with Gasteiger partial charge < -0.3 is 9.64 Å². The highest BCUT2D eigenvalue weighted by molar-refractivity contribution is 7.98. The van der Waals surface area contributed by atoms with Crippen LogP contribution in [0.1, 0.15) is 35.7 Å². The van der Waals surface area contributed by atoms with E-state index in [0.29, 0.717) is 17.5 Å². The average Bonchev–Trinajstić information content (AvgIpc) is 3.45. The zero-order valence-corrected chi connectivity index (χ0v) is 17.1. The van der Waals surface area contributed by atoms with Crippen LogP contribution < -0.4 is 4.74 Å². The lowest BCUT2D eigenvalue weighted by atomic mass is 10.1. The smallest absolute Gasteiger partial charge is 0.253 e. The Hall–Kier alpha value is -2.87. The summed E-state index contributed by atoms with van der Waals surface area (Å²) in [5, 5.41) is 12.8. The largest absolute Gasteiger partial charge is 0.492 e. The number of hydrogen-bond acceptors (Lipinski definition) is 6. The van der Waals surface area contributed by atoms with Crippen LogP contribution in [0.2, 0.25) is 0 Å². The van der Waals surface area contributed by atoms with Crippen LogP contribution in [0.25, 0.3) is 5.69 Å². The van der Waals surface area contributed by atoms with Gasteiger partial charge in [-0.3, -0.25) is 4.79 Å². The molecular formula is C21H23N5O2S. The van der Waals surface area contributed by atoms with Gasteiger partial charge in [-0.2, -0.15) is 4.68 Å². The van der Waals surface area contributed by atoms with E-state index in [9.17, 15) is 4.79 Å². The van der Waals surface area contributed by atoms with Gasteiger partial charge in [0.05, 0.1) is 6.61 Å². The fraction of sp³-hybridized carbons (Fsp3) is 0.333. The first-order chi connectivity index (χ1) is 14.3. The Kier molecular flexibility index (Phi) is 6.09. The first-order valence-corrected chi connectivity index (χ1v) is 10.8. The third-order valence-electron chi connectivity index (χ3n) is 4.80. The number of carbonyl (C=O) groups excluding carboxylic acids is 1. The summed E-state index contributed by atoms with van der Waals surface area (Å²) < 4.78 is 7.39. The Morgan fingerprint density at radius 2 is 1.86 bits per heavy atom. The van der Waals surface area contributed by atoms with Crippen molar-refractivity contribution in [1.29, 1.82) is 0 Å². The number of amides is 1. The molecule has 2 heterocycles. The van der Waals surface area contributed by atoms with Crippen molar-refractivity contribution in [2.45, 2.75) is 30.7 Å². The summed E-state index contributed by atoms with van der Waals surface area (Å²) in [6.45, 7) is 4.25. The van der Waals surface area contributed by atoms with E-state index in [4.69, 9.17) is 4.74 Å². The maximum absolute atomic E-state index is 12.5. The lowest BCUT2D eigenvalue weighted by Crippen LogP contribution is -2.27. The van der Waals surface area contributed by atoms with Gasteiger partial charge in [0.2, 0.25) is 5.16 Å². The molecule has 1 amide bonds. The van der Waals surface area contributed by atoms with E-state index < -0.39 is 0 Å². The number of carbonyl (C=O) groups is 1. The summed E-state index contributed by atoms with van der Waals surface area (Å²) in [5.41, 5.74) is 2.67. The standard InChI is InChI=1S/C21H23N5O2S/c1-2-28-19-8-4-3-7-18(19)26-21(22-23-24-26)29-15-16-9-11-17(12-10-16)20(27)25-13-5-6-14-25/h3-4,7-12H,2,5-6,13-15H2,1H3. The molecule has 1 aliphatic rings. The Morgan fingerprint density at radius 3 is 2.62 bits per heavy atom. The molecule has 0 radical (unpaired) electrons. The zero-order valence-electron chi connectivity index (χ0n) is 16.3. The van der Waals surface area contributed by atoms with Crippen LogP contribution in [0.5, 0.6) is 5.75 Å². The molecule has 1 fully saturated rings. The van der Waals surface area contributed by atoms with Crippen molar-refractivity contribution in [3.63, 3.8) is 0 Å². The molecule has 150 valence electrons. The van der Waals surface area contributed by atoms with E-state index in [1.54, 1.807) is 16.4 Å². The van der Waals surface area contributed by atoms with E-state index in [2.05, 4.69) is 15.5 Å². The zero-order chi connectivity index (χ0) is 20.1. The number of ether oxygens (including phenoxy) is 1. The van der Waals surface area contributed by atoms with Crippen molar-refractivity contribution in [1.82, 2.24) is 25.1 Å². The van der Waals surface area contributed by atoms with Gasteiger partial charge in [-0.15, -0.1) is 5.10 Å². The molecule has 1 aliphatic heterocycles. The molecule has 0 bridgehead atoms. The minimum atomic E-state index is 0.123. The third-order valence-corrected chi connectivity index (χ3v) is 5.79. The molecule has 8 heteroatoms. The summed E-state index contributed by atoms with van der Waals surface area (Å²) in [5.74, 6) is 1.57. The number of nitrogens with zero attached hydrogens (tertiary/aromatic N) is 5. The molecular weight excluding hydrogens is 386 g/mol. The van der Waals surface area contributed by atoms with E-state index in [1.807, 2.05) is 60.4 Å². The van der Waals surface area contributed by atoms with Crippen LogP contribution in [0.4, 0.5) is 0 Å². The van der Waals surface area contributed by atoms with E-state index in [1.165, 1.54) is 0 Å². The Bertz CT molecular complexity index is 967. The van der Waals surface area contributed by atoms with Gasteiger partial charge >= 0.3 is 0 Å². The number of hydrogen-bond donors (Lipinski definition) is 0. The van der Waals surface area contributed by atoms with E-state index in [0.717, 1.165) is 48.5 Å². The molecule has 2 aromatic carbocycles. The number of para-hydroxylation sites is 2. The number of aromatic nitrogens is 4. The fourth-order valence-electron chi connectivity index (χ4n) is 3.32. The average molecular weight is 410 g/mol. The van der Waals surface area contributed by atoms with Crippen LogP contribution in [0.3, 0.4) is 0 Å². The summed E-state index contributed by atoms with van der Waals surface area (Å²) in [4.78, 5) is 14.4. The summed E-state index contributed by atoms with van der Waals surface area (Å²) in [7, 11) is 0. The predicted octanol–water partition coefficient (Wildman–Crippen LogP) is 3.59. The molecule has 1 aromatic heterocycles. The SMILES string of the molecule is CCOc1ccccc1-n1nnnc1SCc1ccc(C(=O)N2CCCC2)cc1. The molecule has 0 aliphatic carbocycles. The van der Waals surface area contributed by atoms with Gasteiger partial charge in [0.15, 0.2) is 0 Å². The molecule has 0 unspecified atom stereocenters. The fourth-order valence-corrected chi connectivity index (χ4v) is 4.16. The highest BCUT2D eigenvalue weighted by Gasteiger charge is 2.19. The lowest BCUT2D eigenvalue weighted by molar-refractivity contribution is 0.0793. The van der Waals surface area contributed by atoms with E-state index in [-0.39, 0.29) is 5.91 Å². The molecule has 7 nitrogen and oxygen atoms in total. The third kappa shape index (κ3) is 4.42. The van der Waals surface area contributed by atoms with Crippen LogP contribution in [-0.2, 0) is 5.75 Å². The second-order valence-electron chi connectivity index (χ2n) is 6.76. The van der Waals surface area contributed by atoms with Crippen LogP contribution in [-0.4, -0.2) is 50.7 Å². The van der Waals surface area contributed by atoms with Crippen molar-refractivity contribution >= 4 is 17.7 Å². The Morgan fingerprint density at radius 1 is 1.10 bits per heavy atom. The normalized spacial score (nSPS) is 13.6. The van der Waals surface area contributed by atoms with Crippen molar-refractivity contribution < 1.29 is 9.53 Å². The van der Waals surface area contributed by atoms with Crippen molar-refractivity contribution in [2.24, 2.45) is 0 Å². The molecule has 0 spiro atoms. The van der Waals surface area contributed by atoms with Gasteiger partial charge in [0, 0.05) is 24.4 Å². The molecule has 3 aromatic rings. The number of rotatable bonds is 7. The van der Waals surface area contributed by atoms with Gasteiger partial charge in [-0.25, -0.2) is 0 Å². The predicted molar refractivity (Wildman–Crippen MR) is 111 cm³/mol. The Labute approximate surface area is 174 Å². The molecule has 4 rings (SSSR count). The molecule has 0 N–H and O–H groups in total. The van der Waals surface area contributed by atoms with Crippen LogP contribution >= 0.6 is 11.8 Å². The van der Waals surface area contributed by atoms with Gasteiger partial charge in [-0.05, 0) is 60.0 Å². The highest BCUT2D eigenvalue weighted by atomic mass is 32.2. The number of benzene rings is 2. The summed E-state index contributed by atoms with van der Waals surface area (Å²) >= 11 is 1.54. The topological polar surface area (TPSA) is 73.1 Å². The molecule has 1 saturated heterocycles. The minimum Gasteiger partial charge on any atom is -0.492 e. The van der Waals surface area contributed by atoms with Gasteiger partial charge in [-0.1, -0.05) is 36.0 Å². The molecule has 0 saturated carbocycles. The number of likely N-dealkylation sites (tertiary alicyclic amines) is 1. The van der Waals surface area contributed by atoms with Gasteiger partial charge in [0.25, 0.3) is 5.91 Å². The van der Waals surface area contributed by atoms with Gasteiger partial charge in [0.1, 0.15) is 11.4 Å². The van der Waals surface area contributed by atoms with Crippen molar-refractivity contribution in [3.8, 4) is 11.4 Å². The number of tetrazole rings is 1. The van der Waals surface area contributed by atoms with Crippen LogP contribution in [0.15, 0.2) is 53.7 Å². The lowest BCUT2D eigenvalue weighted by Gasteiger charge is -2.15. The Balaban J connectivity index is 1.44. The molecule has 29 heavy (non-hydrogen) atoms. The first-order valence-electron chi connectivity index (χ1n) is 9.78. The maximum atomic E-state index is 12.5. The van der Waals surface area contributed by atoms with Crippen molar-refractivity contribution in [3.05, 3.63) is 59.7 Å². The maximum Gasteiger partial charge on any atom is 0.253 e. The highest BCUT2D eigenvalue weighted by Crippen LogP contribution is 2.27. The monoisotopic (exact) mass is 409 g/mol. The molecule has 0 atom stereocenters. The second kappa shape index (κ2) is 9.09. The summed E-state index contributed by atoms with van der Waals surface area (Å²) in [6.07, 6.45) is 2.20. The quantitative estimate of drug-likeness (QED) is 0.555. The van der Waals surface area contributed by atoms with E-state index >= 15 is 0 Å². The minimum absolute atomic E-state index is 0.123.